The summed E-state index contributed by atoms with van der Waals surface area (Å²) >= 11 is 1.52. The molecule has 0 amide bonds. The molecule has 0 atom stereocenters. The lowest BCUT2D eigenvalue weighted by Crippen LogP contribution is -2.17. The van der Waals surface area contributed by atoms with Gasteiger partial charge in [0.05, 0.1) is 7.11 Å². The first kappa shape index (κ1) is 20.7. The highest BCUT2D eigenvalue weighted by Crippen LogP contribution is 2.37. The summed E-state index contributed by atoms with van der Waals surface area (Å²) in [5.41, 5.74) is 1.79. The predicted octanol–water partition coefficient (Wildman–Crippen LogP) is 5.21. The Morgan fingerprint density at radius 2 is 1.83 bits per heavy atom. The zero-order valence-electron chi connectivity index (χ0n) is 16.2. The van der Waals surface area contributed by atoms with Crippen molar-refractivity contribution in [3.63, 3.8) is 0 Å². The fraction of sp³-hybridized carbons (Fsp3) is 0.190. The number of aryl methyl sites for hydroxylation is 1. The molecule has 5 nitrogen and oxygen atoms in total. The van der Waals surface area contributed by atoms with Crippen molar-refractivity contribution in [2.45, 2.75) is 6.92 Å². The monoisotopic (exact) mass is 418 g/mol. The third-order valence-corrected chi connectivity index (χ3v) is 4.78. The van der Waals surface area contributed by atoms with Gasteiger partial charge >= 0.3 is 0 Å². The minimum absolute atomic E-state index is 0.104. The molecular weight excluding hydrogens is 398 g/mol. The lowest BCUT2D eigenvalue weighted by molar-refractivity contribution is 0.405. The zero-order chi connectivity index (χ0) is 21.0. The highest BCUT2D eigenvalue weighted by Gasteiger charge is 2.15. The summed E-state index contributed by atoms with van der Waals surface area (Å²) in [5.74, 6) is -0.213. The molecule has 0 unspecified atom stereocenters. The van der Waals surface area contributed by atoms with Crippen LogP contribution in [0.15, 0.2) is 53.5 Å². The van der Waals surface area contributed by atoms with Crippen molar-refractivity contribution in [1.82, 2.24) is 4.57 Å². The van der Waals surface area contributed by atoms with Crippen LogP contribution in [0.3, 0.4) is 0 Å². The summed E-state index contributed by atoms with van der Waals surface area (Å²) in [6.45, 7) is 2.02. The Bertz CT molecular complexity index is 1090. The second-order valence-corrected chi connectivity index (χ2v) is 7.21. The Balaban J connectivity index is 2.11. The van der Waals surface area contributed by atoms with Crippen LogP contribution in [0.4, 0.5) is 14.5 Å². The van der Waals surface area contributed by atoms with Crippen LogP contribution in [0.2, 0.25) is 0 Å². The molecule has 0 fully saturated rings. The lowest BCUT2D eigenvalue weighted by atomic mass is 10.1. The molecule has 3 rings (SSSR count). The molecule has 0 aliphatic carbocycles. The Hall–Kier alpha value is -3.00. The quantitative estimate of drug-likeness (QED) is 0.534. The first-order chi connectivity index (χ1) is 13.9. The van der Waals surface area contributed by atoms with Crippen molar-refractivity contribution in [3.05, 3.63) is 70.6 Å². The molecule has 2 aromatic carbocycles. The van der Waals surface area contributed by atoms with Crippen LogP contribution < -0.4 is 19.8 Å². The van der Waals surface area contributed by atoms with E-state index in [2.05, 4.69) is 4.72 Å². The van der Waals surface area contributed by atoms with Crippen LogP contribution in [0, 0.1) is 11.6 Å². The maximum atomic E-state index is 14.1. The summed E-state index contributed by atoms with van der Waals surface area (Å²) in [7, 11) is 3.03. The fourth-order valence-corrected chi connectivity index (χ4v) is 3.15. The van der Waals surface area contributed by atoms with Crippen molar-refractivity contribution in [3.8, 4) is 28.4 Å². The summed E-state index contributed by atoms with van der Waals surface area (Å²) in [6, 6.07) is 10.0. The Morgan fingerprint density at radius 3 is 2.52 bits per heavy atom. The SMILES string of the molecule is CCSNc1ccc(Oc2ccc(F)cc2F)c(-c2cc(OC)c(=O)n(C)c2)c1. The number of benzene rings is 2. The van der Waals surface area contributed by atoms with Crippen LogP contribution >= 0.6 is 11.9 Å². The van der Waals surface area contributed by atoms with Gasteiger partial charge in [-0.15, -0.1) is 0 Å². The van der Waals surface area contributed by atoms with E-state index in [1.165, 1.54) is 29.7 Å². The molecule has 0 aliphatic heterocycles. The van der Waals surface area contributed by atoms with E-state index in [1.807, 2.05) is 13.0 Å². The molecule has 1 aromatic heterocycles. The van der Waals surface area contributed by atoms with Gasteiger partial charge in [0, 0.05) is 41.9 Å². The molecule has 3 aromatic rings. The normalized spacial score (nSPS) is 10.7. The van der Waals surface area contributed by atoms with E-state index in [0.717, 1.165) is 23.6 Å². The topological polar surface area (TPSA) is 52.5 Å². The molecule has 29 heavy (non-hydrogen) atoms. The summed E-state index contributed by atoms with van der Waals surface area (Å²) < 4.78 is 42.9. The fourth-order valence-electron chi connectivity index (χ4n) is 2.71. The second kappa shape index (κ2) is 9.00. The van der Waals surface area contributed by atoms with Crippen molar-refractivity contribution < 1.29 is 18.3 Å². The molecule has 0 saturated carbocycles. The van der Waals surface area contributed by atoms with Crippen molar-refractivity contribution in [2.75, 3.05) is 17.6 Å². The number of aromatic nitrogens is 1. The number of halogens is 2. The van der Waals surface area contributed by atoms with Gasteiger partial charge in [-0.25, -0.2) is 8.78 Å². The third kappa shape index (κ3) is 4.71. The van der Waals surface area contributed by atoms with E-state index in [-0.39, 0.29) is 17.1 Å². The van der Waals surface area contributed by atoms with Gasteiger partial charge in [0.25, 0.3) is 5.56 Å². The average Bonchev–Trinajstić information content (AvgIpc) is 2.71. The van der Waals surface area contributed by atoms with Crippen LogP contribution in [-0.2, 0) is 7.05 Å². The number of hydrogen-bond acceptors (Lipinski definition) is 5. The Morgan fingerprint density at radius 1 is 1.07 bits per heavy atom. The number of pyridine rings is 1. The Labute approximate surface area is 171 Å². The number of methoxy groups -OCH3 is 1. The minimum Gasteiger partial charge on any atom is -0.491 e. The molecule has 1 heterocycles. The molecule has 8 heteroatoms. The highest BCUT2D eigenvalue weighted by molar-refractivity contribution is 8.00. The van der Waals surface area contributed by atoms with E-state index < -0.39 is 11.6 Å². The molecule has 0 aliphatic rings. The van der Waals surface area contributed by atoms with Crippen LogP contribution in [0.25, 0.3) is 11.1 Å². The molecule has 0 spiro atoms. The van der Waals surface area contributed by atoms with Gasteiger partial charge < -0.3 is 18.8 Å². The van der Waals surface area contributed by atoms with Gasteiger partial charge in [0.2, 0.25) is 0 Å². The number of hydrogen-bond donors (Lipinski definition) is 1. The number of nitrogens with zero attached hydrogens (tertiary/aromatic N) is 1. The summed E-state index contributed by atoms with van der Waals surface area (Å²) in [4.78, 5) is 12.2. The maximum Gasteiger partial charge on any atom is 0.292 e. The van der Waals surface area contributed by atoms with Gasteiger partial charge in [0.15, 0.2) is 17.3 Å². The summed E-state index contributed by atoms with van der Waals surface area (Å²) in [5, 5.41) is 0. The first-order valence-electron chi connectivity index (χ1n) is 8.82. The highest BCUT2D eigenvalue weighted by atomic mass is 32.2. The maximum absolute atomic E-state index is 14.1. The zero-order valence-corrected chi connectivity index (χ0v) is 17.0. The predicted molar refractivity (Wildman–Crippen MR) is 112 cm³/mol. The van der Waals surface area contributed by atoms with Gasteiger partial charge in [-0.3, -0.25) is 4.79 Å². The number of rotatable bonds is 7. The largest absolute Gasteiger partial charge is 0.491 e. The van der Waals surface area contributed by atoms with E-state index in [4.69, 9.17) is 9.47 Å². The molecule has 152 valence electrons. The molecule has 0 bridgehead atoms. The number of nitrogens with one attached hydrogen (secondary N) is 1. The van der Waals surface area contributed by atoms with Gasteiger partial charge in [-0.2, -0.15) is 0 Å². The minimum atomic E-state index is -0.808. The molecular formula is C21H20F2N2O3S. The van der Waals surface area contributed by atoms with E-state index in [1.54, 1.807) is 31.4 Å². The molecule has 0 radical (unpaired) electrons. The first-order valence-corrected chi connectivity index (χ1v) is 9.81. The number of ether oxygens (including phenoxy) is 2. The van der Waals surface area contributed by atoms with Crippen LogP contribution in [-0.4, -0.2) is 17.4 Å². The average molecular weight is 418 g/mol. The standard InChI is InChI=1S/C21H20F2N2O3S/c1-4-29-24-15-6-8-18(28-19-7-5-14(22)10-17(19)23)16(11-15)13-9-20(27-3)21(26)25(2)12-13/h5-12,24H,4H2,1-3H3. The molecule has 0 saturated heterocycles. The Kier molecular flexibility index (Phi) is 6.43. The van der Waals surface area contributed by atoms with E-state index in [9.17, 15) is 13.6 Å². The van der Waals surface area contributed by atoms with Crippen LogP contribution in [0.1, 0.15) is 6.92 Å². The van der Waals surface area contributed by atoms with Gasteiger partial charge in [0.1, 0.15) is 11.6 Å². The number of anilines is 1. The summed E-state index contributed by atoms with van der Waals surface area (Å²) in [6.07, 6.45) is 1.64. The van der Waals surface area contributed by atoms with Gasteiger partial charge in [-0.05, 0) is 36.4 Å². The van der Waals surface area contributed by atoms with Crippen molar-refractivity contribution in [1.29, 1.82) is 0 Å². The lowest BCUT2D eigenvalue weighted by Gasteiger charge is -2.15. The molecule has 1 N–H and O–H groups in total. The van der Waals surface area contributed by atoms with Crippen molar-refractivity contribution in [2.24, 2.45) is 7.05 Å². The smallest absolute Gasteiger partial charge is 0.292 e. The van der Waals surface area contributed by atoms with Crippen LogP contribution in [0.5, 0.6) is 17.2 Å². The second-order valence-electron chi connectivity index (χ2n) is 6.14. The van der Waals surface area contributed by atoms with E-state index >= 15 is 0 Å². The van der Waals surface area contributed by atoms with Gasteiger partial charge in [-0.1, -0.05) is 18.9 Å². The van der Waals surface area contributed by atoms with Crippen molar-refractivity contribution >= 4 is 17.6 Å². The van der Waals surface area contributed by atoms with E-state index in [0.29, 0.717) is 16.9 Å². The third-order valence-electron chi connectivity index (χ3n) is 4.11.